The quantitative estimate of drug-likeness (QED) is 0.745. The Labute approximate surface area is 130 Å². The summed E-state index contributed by atoms with van der Waals surface area (Å²) in [6.45, 7) is 0.0740. The van der Waals surface area contributed by atoms with Gasteiger partial charge >= 0.3 is 0 Å². The van der Waals surface area contributed by atoms with E-state index in [1.165, 1.54) is 57.8 Å². The maximum atomic E-state index is 9.82. The molecule has 1 atom stereocenters. The lowest BCUT2D eigenvalue weighted by Crippen LogP contribution is -2.40. The Kier molecular flexibility index (Phi) is 10.3. The number of aliphatic hydroxyl groups excluding tert-OH is 3. The van der Waals surface area contributed by atoms with E-state index in [1.54, 1.807) is 0 Å². The topological polar surface area (TPSA) is 60.7 Å². The molecule has 3 heteroatoms. The lowest BCUT2D eigenvalue weighted by atomic mass is 9.71. The van der Waals surface area contributed by atoms with Crippen LogP contribution in [0, 0.1) is 11.3 Å². The molecule has 1 unspecified atom stereocenters. The van der Waals surface area contributed by atoms with Crippen molar-refractivity contribution in [2.75, 3.05) is 19.8 Å². The minimum Gasteiger partial charge on any atom is -0.396 e. The van der Waals surface area contributed by atoms with Crippen molar-refractivity contribution in [2.24, 2.45) is 11.3 Å². The smallest absolute Gasteiger partial charge is 0.0512 e. The van der Waals surface area contributed by atoms with Gasteiger partial charge in [-0.1, -0.05) is 70.6 Å². The van der Waals surface area contributed by atoms with Crippen LogP contribution in [-0.2, 0) is 0 Å². The van der Waals surface area contributed by atoms with Gasteiger partial charge in [0, 0.05) is 12.0 Å². The number of hydrogen-bond acceptors (Lipinski definition) is 3. The van der Waals surface area contributed by atoms with E-state index in [0.717, 1.165) is 25.7 Å². The Bertz CT molecular complexity index is 239. The first-order valence-corrected chi connectivity index (χ1v) is 9.11. The fourth-order valence-corrected chi connectivity index (χ4v) is 3.72. The summed E-state index contributed by atoms with van der Waals surface area (Å²) in [5, 5.41) is 29.4. The molecule has 1 aliphatic carbocycles. The van der Waals surface area contributed by atoms with Crippen LogP contribution in [0.5, 0.6) is 0 Å². The molecular weight excluding hydrogens is 264 g/mol. The fourth-order valence-electron chi connectivity index (χ4n) is 3.72. The van der Waals surface area contributed by atoms with E-state index in [-0.39, 0.29) is 25.7 Å². The van der Waals surface area contributed by atoms with Gasteiger partial charge in [-0.25, -0.2) is 0 Å². The van der Waals surface area contributed by atoms with E-state index in [0.29, 0.717) is 0 Å². The molecule has 0 saturated heterocycles. The lowest BCUT2D eigenvalue weighted by Gasteiger charge is -2.37. The van der Waals surface area contributed by atoms with Gasteiger partial charge in [-0.05, 0) is 18.8 Å². The van der Waals surface area contributed by atoms with Crippen LogP contribution in [0.15, 0.2) is 0 Å². The van der Waals surface area contributed by atoms with Gasteiger partial charge < -0.3 is 15.3 Å². The molecule has 1 rings (SSSR count). The van der Waals surface area contributed by atoms with Gasteiger partial charge in [0.05, 0.1) is 13.2 Å². The van der Waals surface area contributed by atoms with E-state index in [2.05, 4.69) is 0 Å². The highest BCUT2D eigenvalue weighted by Crippen LogP contribution is 2.36. The van der Waals surface area contributed by atoms with Crippen LogP contribution in [0.3, 0.4) is 0 Å². The van der Waals surface area contributed by atoms with Crippen molar-refractivity contribution >= 4 is 0 Å². The lowest BCUT2D eigenvalue weighted by molar-refractivity contribution is -0.0303. The summed E-state index contributed by atoms with van der Waals surface area (Å²) in [4.78, 5) is 0. The molecular formula is C18H36O3. The van der Waals surface area contributed by atoms with Crippen LogP contribution >= 0.6 is 0 Å². The molecule has 0 heterocycles. The Morgan fingerprint density at radius 3 is 1.48 bits per heavy atom. The average molecular weight is 300 g/mol. The zero-order valence-corrected chi connectivity index (χ0v) is 13.7. The van der Waals surface area contributed by atoms with E-state index in [1.807, 2.05) is 0 Å². The molecule has 0 aromatic heterocycles. The third-order valence-corrected chi connectivity index (χ3v) is 5.44. The molecule has 1 aliphatic rings. The second kappa shape index (κ2) is 11.4. The first kappa shape index (κ1) is 18.9. The van der Waals surface area contributed by atoms with Gasteiger partial charge in [-0.2, -0.15) is 0 Å². The van der Waals surface area contributed by atoms with Gasteiger partial charge in [-0.3, -0.25) is 0 Å². The van der Waals surface area contributed by atoms with Gasteiger partial charge in [0.25, 0.3) is 0 Å². The van der Waals surface area contributed by atoms with E-state index in [9.17, 15) is 15.3 Å². The maximum absolute atomic E-state index is 9.82. The van der Waals surface area contributed by atoms with Crippen LogP contribution in [0.2, 0.25) is 0 Å². The van der Waals surface area contributed by atoms with Crippen molar-refractivity contribution in [1.82, 2.24) is 0 Å². The molecule has 0 radical (unpaired) electrons. The molecule has 3 nitrogen and oxygen atoms in total. The highest BCUT2D eigenvalue weighted by atomic mass is 16.3. The standard InChI is InChI=1S/C18H36O3/c19-14-17-12-10-8-6-4-2-1-3-5-7-9-11-13-18(17,15-20)16-21/h17,19-21H,1-16H2. The van der Waals surface area contributed by atoms with Crippen LogP contribution in [0.1, 0.15) is 83.5 Å². The number of rotatable bonds is 3. The summed E-state index contributed by atoms with van der Waals surface area (Å²) < 4.78 is 0. The molecule has 1 saturated carbocycles. The Morgan fingerprint density at radius 1 is 0.619 bits per heavy atom. The highest BCUT2D eigenvalue weighted by Gasteiger charge is 2.36. The zero-order valence-electron chi connectivity index (χ0n) is 13.7. The minimum absolute atomic E-state index is 0.00523. The first-order valence-electron chi connectivity index (χ1n) is 9.11. The van der Waals surface area contributed by atoms with Crippen molar-refractivity contribution in [3.63, 3.8) is 0 Å². The SMILES string of the molecule is OCC1CCCCCCCCCCCCCC1(CO)CO. The van der Waals surface area contributed by atoms with Crippen molar-refractivity contribution < 1.29 is 15.3 Å². The van der Waals surface area contributed by atoms with E-state index >= 15 is 0 Å². The number of aliphatic hydroxyl groups is 3. The van der Waals surface area contributed by atoms with Crippen molar-refractivity contribution in [1.29, 1.82) is 0 Å². The molecule has 126 valence electrons. The van der Waals surface area contributed by atoms with Gasteiger partial charge in [0.15, 0.2) is 0 Å². The van der Waals surface area contributed by atoms with E-state index in [4.69, 9.17) is 0 Å². The summed E-state index contributed by atoms with van der Waals surface area (Å²) in [5.74, 6) is 0.0395. The first-order chi connectivity index (χ1) is 10.3. The van der Waals surface area contributed by atoms with Crippen molar-refractivity contribution in [2.45, 2.75) is 83.5 Å². The maximum Gasteiger partial charge on any atom is 0.0512 e. The highest BCUT2D eigenvalue weighted by molar-refractivity contribution is 4.85. The average Bonchev–Trinajstić information content (AvgIpc) is 2.53. The Balaban J connectivity index is 2.59. The summed E-state index contributed by atoms with van der Waals surface area (Å²) in [5.41, 5.74) is -0.477. The normalized spacial score (nSPS) is 26.7. The number of hydrogen-bond donors (Lipinski definition) is 3. The molecule has 0 aromatic carbocycles. The molecule has 0 bridgehead atoms. The second-order valence-electron chi connectivity index (χ2n) is 6.99. The zero-order chi connectivity index (χ0) is 15.4. The Morgan fingerprint density at radius 2 is 1.05 bits per heavy atom. The van der Waals surface area contributed by atoms with Crippen LogP contribution in [0.25, 0.3) is 0 Å². The third-order valence-electron chi connectivity index (χ3n) is 5.44. The van der Waals surface area contributed by atoms with Crippen LogP contribution < -0.4 is 0 Å². The van der Waals surface area contributed by atoms with Gasteiger partial charge in [0.1, 0.15) is 0 Å². The van der Waals surface area contributed by atoms with Crippen LogP contribution in [-0.4, -0.2) is 35.1 Å². The monoisotopic (exact) mass is 300 g/mol. The summed E-state index contributed by atoms with van der Waals surface area (Å²) >= 11 is 0. The van der Waals surface area contributed by atoms with Gasteiger partial charge in [0.2, 0.25) is 0 Å². The molecule has 0 amide bonds. The predicted molar refractivity (Wildman–Crippen MR) is 87.2 cm³/mol. The fraction of sp³-hybridized carbons (Fsp3) is 1.00. The summed E-state index contributed by atoms with van der Waals surface area (Å²) in [6.07, 6.45) is 15.6. The summed E-state index contributed by atoms with van der Waals surface area (Å²) in [6, 6.07) is 0. The molecule has 1 fully saturated rings. The second-order valence-corrected chi connectivity index (χ2v) is 6.99. The minimum atomic E-state index is -0.477. The molecule has 0 aromatic rings. The van der Waals surface area contributed by atoms with E-state index < -0.39 is 5.41 Å². The molecule has 0 aliphatic heterocycles. The van der Waals surface area contributed by atoms with Gasteiger partial charge in [-0.15, -0.1) is 0 Å². The predicted octanol–water partition coefficient (Wildman–Crippen LogP) is 3.65. The van der Waals surface area contributed by atoms with Crippen molar-refractivity contribution in [3.05, 3.63) is 0 Å². The third kappa shape index (κ3) is 6.66. The Hall–Kier alpha value is -0.120. The summed E-state index contributed by atoms with van der Waals surface area (Å²) in [7, 11) is 0. The molecule has 21 heavy (non-hydrogen) atoms. The van der Waals surface area contributed by atoms with Crippen LogP contribution in [0.4, 0.5) is 0 Å². The van der Waals surface area contributed by atoms with Crippen molar-refractivity contribution in [3.8, 4) is 0 Å². The molecule has 3 N–H and O–H groups in total. The molecule has 0 spiro atoms. The largest absolute Gasteiger partial charge is 0.396 e.